The third-order valence-electron chi connectivity index (χ3n) is 10.7. The molecule has 7 atom stereocenters. The number of rotatable bonds is 11. The third-order valence-corrected chi connectivity index (χ3v) is 11.1. The largest absolute Gasteiger partial charge is 0.481 e. The number of aliphatic carboxylic acids is 1. The first-order valence-corrected chi connectivity index (χ1v) is 20.3. The van der Waals surface area contributed by atoms with Gasteiger partial charge in [0.1, 0.15) is 36.3 Å². The highest BCUT2D eigenvalue weighted by molar-refractivity contribution is 9.10. The van der Waals surface area contributed by atoms with Gasteiger partial charge in [0.25, 0.3) is 0 Å². The number of H-pyrrole nitrogens is 2. The number of aliphatic hydroxyl groups is 1. The second kappa shape index (κ2) is 19.8. The molecule has 0 radical (unpaired) electrons. The van der Waals surface area contributed by atoms with E-state index in [-0.39, 0.29) is 12.8 Å². The van der Waals surface area contributed by atoms with Gasteiger partial charge in [-0.05, 0) is 47.6 Å². The second-order valence-electron chi connectivity index (χ2n) is 15.2. The van der Waals surface area contributed by atoms with E-state index in [2.05, 4.69) is 57.8 Å². The molecule has 6 amide bonds. The van der Waals surface area contributed by atoms with Crippen LogP contribution < -0.4 is 31.9 Å². The number of carboxylic acids is 1. The van der Waals surface area contributed by atoms with Crippen LogP contribution in [-0.4, -0.2) is 104 Å². The number of fused-ring (bicyclic) bond motifs is 2. The van der Waals surface area contributed by atoms with Crippen LogP contribution in [0.4, 0.5) is 0 Å². The van der Waals surface area contributed by atoms with Crippen LogP contribution in [0.3, 0.4) is 0 Å². The Morgan fingerprint density at radius 3 is 1.78 bits per heavy atom. The van der Waals surface area contributed by atoms with Crippen molar-refractivity contribution in [2.75, 3.05) is 6.61 Å². The lowest BCUT2D eigenvalue weighted by Crippen LogP contribution is -2.63. The fraction of sp³-hybridized carbons (Fsp3) is 0.439. The highest BCUT2D eigenvalue weighted by atomic mass is 79.9. The van der Waals surface area contributed by atoms with Crippen molar-refractivity contribution in [3.05, 3.63) is 70.5 Å². The van der Waals surface area contributed by atoms with Gasteiger partial charge in [-0.25, -0.2) is 0 Å². The Morgan fingerprint density at radius 1 is 0.661 bits per heavy atom. The summed E-state index contributed by atoms with van der Waals surface area (Å²) in [5.74, 6) is -7.17. The third kappa shape index (κ3) is 11.1. The van der Waals surface area contributed by atoms with Crippen LogP contribution in [0.1, 0.15) is 58.1 Å². The molecular weight excluding hydrogens is 828 g/mol. The number of aliphatic hydroxyl groups excluding tert-OH is 1. The van der Waals surface area contributed by atoms with Crippen LogP contribution in [0, 0.1) is 11.8 Å². The minimum absolute atomic E-state index is 0.0358. The van der Waals surface area contributed by atoms with Crippen molar-refractivity contribution >= 4 is 79.1 Å². The molecule has 1 fully saturated rings. The molecule has 59 heavy (non-hydrogen) atoms. The maximum Gasteiger partial charge on any atom is 0.303 e. The summed E-state index contributed by atoms with van der Waals surface area (Å²) in [6, 6.07) is 4.63. The number of aromatic nitrogens is 2. The number of hydrogen-bond donors (Lipinski definition) is 10. The van der Waals surface area contributed by atoms with E-state index in [9.17, 15) is 43.8 Å². The number of carbonyl (C=O) groups is 7. The summed E-state index contributed by atoms with van der Waals surface area (Å²) in [6.07, 6.45) is 2.78. The average molecular weight is 880 g/mol. The highest BCUT2D eigenvalue weighted by Crippen LogP contribution is 2.24. The van der Waals surface area contributed by atoms with Gasteiger partial charge in [-0.2, -0.15) is 0 Å². The molecule has 1 aliphatic rings. The minimum atomic E-state index is -1.65. The van der Waals surface area contributed by atoms with Crippen molar-refractivity contribution in [3.8, 4) is 0 Å². The first-order chi connectivity index (χ1) is 28.1. The van der Waals surface area contributed by atoms with Gasteiger partial charge in [0.15, 0.2) is 0 Å². The minimum Gasteiger partial charge on any atom is -0.481 e. The molecule has 0 bridgehead atoms. The van der Waals surface area contributed by atoms with E-state index < -0.39 is 109 Å². The second-order valence-corrected chi connectivity index (χ2v) is 16.1. The summed E-state index contributed by atoms with van der Waals surface area (Å²) < 4.78 is 0.820. The van der Waals surface area contributed by atoms with Crippen LogP contribution >= 0.6 is 15.9 Å². The number of halogens is 1. The van der Waals surface area contributed by atoms with Gasteiger partial charge in [-0.3, -0.25) is 33.6 Å². The number of para-hydroxylation sites is 1. The van der Waals surface area contributed by atoms with Gasteiger partial charge in [0.05, 0.1) is 6.61 Å². The van der Waals surface area contributed by atoms with E-state index in [0.717, 1.165) is 26.3 Å². The molecule has 0 unspecified atom stereocenters. The number of nitrogens with one attached hydrogen (secondary N) is 8. The maximum absolute atomic E-state index is 14.5. The van der Waals surface area contributed by atoms with Crippen molar-refractivity contribution in [1.82, 2.24) is 41.9 Å². The quantitative estimate of drug-likeness (QED) is 0.105. The summed E-state index contributed by atoms with van der Waals surface area (Å²) in [5.41, 5.74) is 2.85. The average Bonchev–Trinajstić information content (AvgIpc) is 3.80. The number of carboxylic acid groups (broad SMARTS) is 1. The predicted molar refractivity (Wildman–Crippen MR) is 222 cm³/mol. The normalized spacial score (nSPS) is 23.4. The van der Waals surface area contributed by atoms with Crippen molar-refractivity contribution < 1.29 is 43.8 Å². The summed E-state index contributed by atoms with van der Waals surface area (Å²) in [6.45, 7) is 5.97. The van der Waals surface area contributed by atoms with Crippen LogP contribution in [0.5, 0.6) is 0 Å². The zero-order valence-corrected chi connectivity index (χ0v) is 34.8. The summed E-state index contributed by atoms with van der Waals surface area (Å²) >= 11 is 3.46. The number of benzene rings is 2. The predicted octanol–water partition coefficient (Wildman–Crippen LogP) is 1.68. The standard InChI is InChI=1S/C41H51BrN8O9/c1-5-21(4)35-41(59)49-34(20(2)3)40(58)45-28(12-13-33(52)53)36(54)48-32(19-51)39(57)47-30(14-22-17-43-27-9-7-6-8-25(22)27)37(55)46-31(38(56)50-35)15-23-18-44-29-16-24(42)10-11-26(23)29/h6-11,16-18,20-21,28,30-32,34-35,43-44,51H,5,12-15,19H2,1-4H3,(H,45,58)(H,46,55)(H,47,57)(H,48,54)(H,49,59)(H,50,56)(H,52,53)/t21-,28+,30+,31+,32+,34+,35-/m0/s1. The van der Waals surface area contributed by atoms with Gasteiger partial charge in [-0.15, -0.1) is 0 Å². The molecule has 5 rings (SSSR count). The lowest BCUT2D eigenvalue weighted by molar-refractivity contribution is -0.139. The Balaban J connectivity index is 1.59. The first-order valence-electron chi connectivity index (χ1n) is 19.5. The van der Waals surface area contributed by atoms with Crippen molar-refractivity contribution in [3.63, 3.8) is 0 Å². The van der Waals surface area contributed by atoms with Crippen molar-refractivity contribution in [1.29, 1.82) is 0 Å². The van der Waals surface area contributed by atoms with Gasteiger partial charge in [-0.1, -0.05) is 74.3 Å². The molecule has 316 valence electrons. The van der Waals surface area contributed by atoms with Gasteiger partial charge in [0.2, 0.25) is 35.4 Å². The fourth-order valence-corrected chi connectivity index (χ4v) is 7.39. The Hall–Kier alpha value is -5.75. The van der Waals surface area contributed by atoms with Gasteiger partial charge < -0.3 is 52.1 Å². The molecule has 4 aromatic rings. The van der Waals surface area contributed by atoms with E-state index in [1.54, 1.807) is 33.2 Å². The smallest absolute Gasteiger partial charge is 0.303 e. The summed E-state index contributed by atoms with van der Waals surface area (Å²) in [5, 5.41) is 37.2. The summed E-state index contributed by atoms with van der Waals surface area (Å²) in [4.78, 5) is 102. The van der Waals surface area contributed by atoms with Gasteiger partial charge >= 0.3 is 5.97 Å². The molecule has 2 aromatic heterocycles. The maximum atomic E-state index is 14.5. The molecule has 17 nitrogen and oxygen atoms in total. The van der Waals surface area contributed by atoms with E-state index in [1.807, 2.05) is 49.4 Å². The van der Waals surface area contributed by atoms with Crippen molar-refractivity contribution in [2.45, 2.75) is 96.1 Å². The molecule has 3 heterocycles. The van der Waals surface area contributed by atoms with E-state index in [0.29, 0.717) is 17.5 Å². The topological polar surface area (TPSA) is 264 Å². The monoisotopic (exact) mass is 878 g/mol. The van der Waals surface area contributed by atoms with Crippen LogP contribution in [0.2, 0.25) is 0 Å². The number of amides is 6. The Bertz CT molecular complexity index is 2200. The zero-order chi connectivity index (χ0) is 43.0. The van der Waals surface area contributed by atoms with Crippen molar-refractivity contribution in [2.24, 2.45) is 11.8 Å². The van der Waals surface area contributed by atoms with E-state index >= 15 is 0 Å². The molecule has 0 aliphatic carbocycles. The highest BCUT2D eigenvalue weighted by Gasteiger charge is 2.37. The molecule has 1 saturated heterocycles. The lowest BCUT2D eigenvalue weighted by atomic mass is 9.95. The molecule has 18 heteroatoms. The van der Waals surface area contributed by atoms with E-state index in [1.165, 1.54) is 0 Å². The molecule has 10 N–H and O–H groups in total. The Morgan fingerprint density at radius 2 is 1.17 bits per heavy atom. The van der Waals surface area contributed by atoms with Gasteiger partial charge in [0, 0.05) is 57.9 Å². The summed E-state index contributed by atoms with van der Waals surface area (Å²) in [7, 11) is 0. The first kappa shape index (κ1) is 44.4. The Labute approximate surface area is 348 Å². The molecular formula is C41H51BrN8O9. The van der Waals surface area contributed by atoms with Crippen LogP contribution in [0.25, 0.3) is 21.8 Å². The fourth-order valence-electron chi connectivity index (χ4n) is 7.03. The molecule has 0 spiro atoms. The number of aromatic amines is 2. The van der Waals surface area contributed by atoms with Crippen LogP contribution in [-0.2, 0) is 46.4 Å². The Kier molecular flexibility index (Phi) is 14.9. The lowest BCUT2D eigenvalue weighted by Gasteiger charge is -2.31. The SMILES string of the molecule is CC[C@H](C)[C@@H]1NC(=O)[C@@H](Cc2c[nH]c3cc(Br)ccc23)NC(=O)[C@@H](Cc2c[nH]c3ccccc23)NC(=O)[C@@H](CO)NC(=O)[C@@H](CCC(=O)O)NC(=O)[C@@H](C(C)C)NC1=O. The number of hydrogen-bond acceptors (Lipinski definition) is 8. The van der Waals surface area contributed by atoms with E-state index in [4.69, 9.17) is 0 Å². The molecule has 0 saturated carbocycles. The molecule has 1 aliphatic heterocycles. The number of carbonyl (C=O) groups excluding carboxylic acids is 6. The zero-order valence-electron chi connectivity index (χ0n) is 33.2. The van der Waals surface area contributed by atoms with Crippen LogP contribution in [0.15, 0.2) is 59.3 Å². The molecule has 2 aromatic carbocycles.